The lowest BCUT2D eigenvalue weighted by Crippen LogP contribution is -2.39. The number of anilines is 2. The van der Waals surface area contributed by atoms with Gasteiger partial charge in [-0.15, -0.1) is 23.1 Å². The molecule has 2 heterocycles. The fourth-order valence-electron chi connectivity index (χ4n) is 5.13. The Morgan fingerprint density at radius 2 is 1.77 bits per heavy atom. The van der Waals surface area contributed by atoms with Gasteiger partial charge in [0.05, 0.1) is 17.4 Å². The molecule has 1 aliphatic rings. The standard InChI is InChI=1S/C38H35Cl2N5O5S2/c1-22(33(46)44-36-29(20-41)28-15-16-45(21-32(28)52-36)37(49)50-38(2,3)4)51-27-12-8-11-26(19-27)42-35(48)31(17-24-13-14-25(39)18-30(24)40)43-34(47)23-9-6-5-7-10-23/h5-14,17-19,22H,15-16,21H2,1-4H3,(H,42,48)(H,43,47)(H,44,46)/b31-17+. The summed E-state index contributed by atoms with van der Waals surface area (Å²) in [7, 11) is 0. The van der Waals surface area contributed by atoms with Crippen LogP contribution in [0.25, 0.3) is 6.08 Å². The lowest BCUT2D eigenvalue weighted by atomic mass is 10.0. The number of rotatable bonds is 9. The van der Waals surface area contributed by atoms with Gasteiger partial charge in [0, 0.05) is 37.6 Å². The van der Waals surface area contributed by atoms with Gasteiger partial charge in [-0.25, -0.2) is 4.79 Å². The van der Waals surface area contributed by atoms with Gasteiger partial charge in [0.2, 0.25) is 5.91 Å². The number of nitriles is 1. The van der Waals surface area contributed by atoms with E-state index in [0.29, 0.717) is 61.8 Å². The number of hydrogen-bond donors (Lipinski definition) is 3. The molecule has 4 aromatic rings. The van der Waals surface area contributed by atoms with Crippen molar-refractivity contribution in [3.63, 3.8) is 0 Å². The number of nitrogens with one attached hydrogen (secondary N) is 3. The van der Waals surface area contributed by atoms with E-state index < -0.39 is 28.8 Å². The highest BCUT2D eigenvalue weighted by atomic mass is 35.5. The topological polar surface area (TPSA) is 141 Å². The quantitative estimate of drug-likeness (QED) is 0.114. The number of ether oxygens (including phenoxy) is 1. The Bertz CT molecular complexity index is 2090. The lowest BCUT2D eigenvalue weighted by molar-refractivity contribution is -0.115. The Labute approximate surface area is 320 Å². The minimum absolute atomic E-state index is 0.0509. The first-order valence-electron chi connectivity index (χ1n) is 16.2. The highest BCUT2D eigenvalue weighted by Crippen LogP contribution is 2.38. The number of carbonyl (C=O) groups is 4. The molecular weight excluding hydrogens is 741 g/mol. The van der Waals surface area contributed by atoms with Crippen LogP contribution in [0.5, 0.6) is 0 Å². The molecule has 52 heavy (non-hydrogen) atoms. The predicted molar refractivity (Wildman–Crippen MR) is 207 cm³/mol. The highest BCUT2D eigenvalue weighted by molar-refractivity contribution is 8.00. The SMILES string of the molecule is CC(Sc1cccc(NC(=O)/C(=C\c2ccc(Cl)cc2Cl)NC(=O)c2ccccc2)c1)C(=O)Nc1sc2c(c1C#N)CCN(C(=O)OC(C)(C)C)C2. The number of nitrogens with zero attached hydrogens (tertiary/aromatic N) is 2. The van der Waals surface area contributed by atoms with Gasteiger partial charge in [-0.05, 0) is 93.8 Å². The molecule has 3 N–H and O–H groups in total. The fraction of sp³-hybridized carbons (Fsp3) is 0.237. The van der Waals surface area contributed by atoms with E-state index in [0.717, 1.165) is 10.4 Å². The number of hydrogen-bond acceptors (Lipinski definition) is 8. The first-order valence-corrected chi connectivity index (χ1v) is 18.6. The Morgan fingerprint density at radius 3 is 2.46 bits per heavy atom. The molecule has 1 aliphatic heterocycles. The average Bonchev–Trinajstić information content (AvgIpc) is 3.44. The number of fused-ring (bicyclic) bond motifs is 1. The van der Waals surface area contributed by atoms with Crippen LogP contribution in [0.1, 0.15) is 59.6 Å². The van der Waals surface area contributed by atoms with Gasteiger partial charge in [-0.2, -0.15) is 5.26 Å². The van der Waals surface area contributed by atoms with Crippen LogP contribution < -0.4 is 16.0 Å². The van der Waals surface area contributed by atoms with Crippen molar-refractivity contribution in [2.45, 2.75) is 56.4 Å². The highest BCUT2D eigenvalue weighted by Gasteiger charge is 2.30. The molecule has 1 aromatic heterocycles. The molecular formula is C38H35Cl2N5O5S2. The van der Waals surface area contributed by atoms with E-state index in [4.69, 9.17) is 27.9 Å². The van der Waals surface area contributed by atoms with Crippen molar-refractivity contribution in [1.82, 2.24) is 10.2 Å². The summed E-state index contributed by atoms with van der Waals surface area (Å²) in [5, 5.41) is 18.9. The lowest BCUT2D eigenvalue weighted by Gasteiger charge is -2.29. The van der Waals surface area contributed by atoms with Crippen LogP contribution in [0.15, 0.2) is 83.4 Å². The summed E-state index contributed by atoms with van der Waals surface area (Å²) in [6.45, 7) is 7.86. The average molecular weight is 777 g/mol. The van der Waals surface area contributed by atoms with E-state index >= 15 is 0 Å². The van der Waals surface area contributed by atoms with Crippen molar-refractivity contribution < 1.29 is 23.9 Å². The number of halogens is 2. The Hall–Kier alpha value is -4.80. The molecule has 10 nitrogen and oxygen atoms in total. The minimum Gasteiger partial charge on any atom is -0.444 e. The van der Waals surface area contributed by atoms with Gasteiger partial charge in [0.15, 0.2) is 0 Å². The smallest absolute Gasteiger partial charge is 0.410 e. The predicted octanol–water partition coefficient (Wildman–Crippen LogP) is 8.75. The molecule has 0 aliphatic carbocycles. The molecule has 4 amide bonds. The summed E-state index contributed by atoms with van der Waals surface area (Å²) in [6.07, 6.45) is 1.52. The van der Waals surface area contributed by atoms with Crippen molar-refractivity contribution in [3.05, 3.63) is 116 Å². The molecule has 0 radical (unpaired) electrons. The van der Waals surface area contributed by atoms with Gasteiger partial charge in [0.1, 0.15) is 22.4 Å². The molecule has 0 saturated heterocycles. The summed E-state index contributed by atoms with van der Waals surface area (Å²) in [4.78, 5) is 55.8. The number of amides is 4. The second-order valence-electron chi connectivity index (χ2n) is 12.7. The van der Waals surface area contributed by atoms with Crippen LogP contribution in [0, 0.1) is 11.3 Å². The van der Waals surface area contributed by atoms with Gasteiger partial charge < -0.3 is 25.6 Å². The maximum atomic E-state index is 13.6. The minimum atomic E-state index is -0.629. The molecule has 0 bridgehead atoms. The first-order chi connectivity index (χ1) is 24.7. The normalized spacial score (nSPS) is 13.3. The van der Waals surface area contributed by atoms with Gasteiger partial charge >= 0.3 is 6.09 Å². The summed E-state index contributed by atoms with van der Waals surface area (Å²) in [5.41, 5.74) is 1.82. The van der Waals surface area contributed by atoms with Crippen LogP contribution in [-0.4, -0.2) is 46.1 Å². The summed E-state index contributed by atoms with van der Waals surface area (Å²) >= 11 is 15.0. The van der Waals surface area contributed by atoms with E-state index in [9.17, 15) is 24.4 Å². The van der Waals surface area contributed by atoms with Gasteiger partial charge in [0.25, 0.3) is 11.8 Å². The van der Waals surface area contributed by atoms with Crippen molar-refractivity contribution in [3.8, 4) is 6.07 Å². The number of thiophene rings is 1. The van der Waals surface area contributed by atoms with Crippen molar-refractivity contribution in [1.29, 1.82) is 5.26 Å². The zero-order valence-corrected chi connectivity index (χ0v) is 31.9. The molecule has 0 spiro atoms. The molecule has 3 aromatic carbocycles. The third-order valence-electron chi connectivity index (χ3n) is 7.62. The summed E-state index contributed by atoms with van der Waals surface area (Å²) in [5.74, 6) is -1.39. The molecule has 1 atom stereocenters. The van der Waals surface area contributed by atoms with E-state index in [1.807, 2.05) is 0 Å². The first kappa shape index (κ1) is 38.4. The van der Waals surface area contributed by atoms with E-state index in [-0.39, 0.29) is 11.6 Å². The molecule has 1 unspecified atom stereocenters. The number of thioether (sulfide) groups is 1. The van der Waals surface area contributed by atoms with Crippen molar-refractivity contribution in [2.75, 3.05) is 17.2 Å². The van der Waals surface area contributed by atoms with E-state index in [2.05, 4.69) is 22.0 Å². The third-order valence-corrected chi connectivity index (χ3v) is 10.4. The fourth-order valence-corrected chi connectivity index (χ4v) is 7.73. The molecule has 14 heteroatoms. The molecule has 0 saturated carbocycles. The maximum Gasteiger partial charge on any atom is 0.410 e. The maximum absolute atomic E-state index is 13.6. The van der Waals surface area contributed by atoms with Gasteiger partial charge in [-0.1, -0.05) is 53.5 Å². The van der Waals surface area contributed by atoms with E-state index in [1.165, 1.54) is 35.2 Å². The van der Waals surface area contributed by atoms with Crippen molar-refractivity contribution >= 4 is 86.9 Å². The van der Waals surface area contributed by atoms with Crippen LogP contribution in [-0.2, 0) is 27.3 Å². The zero-order chi connectivity index (χ0) is 37.6. The monoisotopic (exact) mass is 775 g/mol. The second-order valence-corrected chi connectivity index (χ2v) is 16.1. The molecule has 5 rings (SSSR count). The molecule has 268 valence electrons. The third kappa shape index (κ3) is 9.95. The molecule has 0 fully saturated rings. The van der Waals surface area contributed by atoms with Crippen LogP contribution in [0.4, 0.5) is 15.5 Å². The zero-order valence-electron chi connectivity index (χ0n) is 28.7. The van der Waals surface area contributed by atoms with Crippen LogP contribution >= 0.6 is 46.3 Å². The summed E-state index contributed by atoms with van der Waals surface area (Å²) in [6, 6.07) is 22.5. The Morgan fingerprint density at radius 1 is 1.02 bits per heavy atom. The van der Waals surface area contributed by atoms with Crippen LogP contribution in [0.3, 0.4) is 0 Å². The Balaban J connectivity index is 1.27. The number of carbonyl (C=O) groups excluding carboxylic acids is 4. The van der Waals surface area contributed by atoms with E-state index in [1.54, 1.807) is 99.3 Å². The van der Waals surface area contributed by atoms with Crippen LogP contribution in [0.2, 0.25) is 10.0 Å². The number of benzene rings is 3. The van der Waals surface area contributed by atoms with Crippen molar-refractivity contribution in [2.24, 2.45) is 0 Å². The Kier molecular flexibility index (Phi) is 12.3. The summed E-state index contributed by atoms with van der Waals surface area (Å²) < 4.78 is 5.52. The van der Waals surface area contributed by atoms with Gasteiger partial charge in [-0.3, -0.25) is 14.4 Å². The largest absolute Gasteiger partial charge is 0.444 e. The second kappa shape index (κ2) is 16.7.